The van der Waals surface area contributed by atoms with Gasteiger partial charge < -0.3 is 10.1 Å². The molecule has 15 heavy (non-hydrogen) atoms. The molecular weight excluding hydrogens is 186 g/mol. The molecule has 1 fully saturated rings. The van der Waals surface area contributed by atoms with Crippen LogP contribution in [0.3, 0.4) is 0 Å². The highest BCUT2D eigenvalue weighted by Gasteiger charge is 2.21. The Balaban J connectivity index is 2.19. The monoisotopic (exact) mass is 213 g/mol. The molecule has 1 saturated carbocycles. The van der Waals surface area contributed by atoms with E-state index in [0.717, 1.165) is 25.0 Å². The van der Waals surface area contributed by atoms with Crippen molar-refractivity contribution < 1.29 is 4.74 Å². The standard InChI is InChI=1S/C13H27NO/c1-4-12-6-5-7-13(10-12)14-11(2)8-9-15-3/h11-14H,4-10H2,1-3H3. The lowest BCUT2D eigenvalue weighted by Gasteiger charge is -2.31. The maximum atomic E-state index is 5.10. The molecule has 2 heteroatoms. The molecule has 0 radical (unpaired) electrons. The van der Waals surface area contributed by atoms with E-state index in [-0.39, 0.29) is 0 Å². The molecule has 0 saturated heterocycles. The lowest BCUT2D eigenvalue weighted by Crippen LogP contribution is -2.40. The summed E-state index contributed by atoms with van der Waals surface area (Å²) in [6.45, 7) is 5.47. The molecule has 3 unspecified atom stereocenters. The Hall–Kier alpha value is -0.0800. The lowest BCUT2D eigenvalue weighted by atomic mass is 9.84. The number of rotatable bonds is 6. The molecule has 1 aliphatic carbocycles. The van der Waals surface area contributed by atoms with E-state index in [1.807, 2.05) is 0 Å². The number of ether oxygens (including phenoxy) is 1. The first kappa shape index (κ1) is 13.0. The molecule has 3 atom stereocenters. The topological polar surface area (TPSA) is 21.3 Å². The van der Waals surface area contributed by atoms with Crippen LogP contribution >= 0.6 is 0 Å². The van der Waals surface area contributed by atoms with Gasteiger partial charge in [-0.2, -0.15) is 0 Å². The van der Waals surface area contributed by atoms with Gasteiger partial charge >= 0.3 is 0 Å². The van der Waals surface area contributed by atoms with E-state index < -0.39 is 0 Å². The predicted molar refractivity (Wildman–Crippen MR) is 65.1 cm³/mol. The van der Waals surface area contributed by atoms with Crippen molar-refractivity contribution in [2.75, 3.05) is 13.7 Å². The Morgan fingerprint density at radius 3 is 2.87 bits per heavy atom. The van der Waals surface area contributed by atoms with Gasteiger partial charge in [0.25, 0.3) is 0 Å². The third-order valence-corrected chi connectivity index (χ3v) is 3.64. The molecule has 90 valence electrons. The molecule has 0 spiro atoms. The molecule has 0 aliphatic heterocycles. The highest BCUT2D eigenvalue weighted by atomic mass is 16.5. The lowest BCUT2D eigenvalue weighted by molar-refractivity contribution is 0.177. The molecule has 0 aromatic heterocycles. The van der Waals surface area contributed by atoms with Gasteiger partial charge in [0.05, 0.1) is 0 Å². The molecule has 1 aliphatic rings. The minimum Gasteiger partial charge on any atom is -0.385 e. The van der Waals surface area contributed by atoms with E-state index >= 15 is 0 Å². The van der Waals surface area contributed by atoms with Gasteiger partial charge in [-0.15, -0.1) is 0 Å². The average Bonchev–Trinajstić information content (AvgIpc) is 2.26. The summed E-state index contributed by atoms with van der Waals surface area (Å²) in [6.07, 6.45) is 8.09. The van der Waals surface area contributed by atoms with Crippen molar-refractivity contribution in [2.45, 2.75) is 64.5 Å². The summed E-state index contributed by atoms with van der Waals surface area (Å²) in [4.78, 5) is 0. The first-order chi connectivity index (χ1) is 7.26. The van der Waals surface area contributed by atoms with Crippen molar-refractivity contribution in [3.05, 3.63) is 0 Å². The van der Waals surface area contributed by atoms with Crippen LogP contribution in [0.2, 0.25) is 0 Å². The molecule has 0 aromatic rings. The summed E-state index contributed by atoms with van der Waals surface area (Å²) in [7, 11) is 1.78. The Morgan fingerprint density at radius 2 is 2.20 bits per heavy atom. The largest absolute Gasteiger partial charge is 0.385 e. The van der Waals surface area contributed by atoms with Crippen LogP contribution in [-0.4, -0.2) is 25.8 Å². The third kappa shape index (κ3) is 4.98. The second-order valence-corrected chi connectivity index (χ2v) is 4.99. The molecule has 0 heterocycles. The number of methoxy groups -OCH3 is 1. The van der Waals surface area contributed by atoms with Crippen LogP contribution in [0.15, 0.2) is 0 Å². The zero-order chi connectivity index (χ0) is 11.1. The second kappa shape index (κ2) is 7.24. The van der Waals surface area contributed by atoms with Crippen LogP contribution in [0.5, 0.6) is 0 Å². The first-order valence-electron chi connectivity index (χ1n) is 6.51. The third-order valence-electron chi connectivity index (χ3n) is 3.64. The highest BCUT2D eigenvalue weighted by Crippen LogP contribution is 2.26. The maximum Gasteiger partial charge on any atom is 0.0476 e. The fourth-order valence-electron chi connectivity index (χ4n) is 2.59. The summed E-state index contributed by atoms with van der Waals surface area (Å²) < 4.78 is 5.10. The van der Waals surface area contributed by atoms with Crippen molar-refractivity contribution in [1.29, 1.82) is 0 Å². The highest BCUT2D eigenvalue weighted by molar-refractivity contribution is 4.79. The Morgan fingerprint density at radius 1 is 1.40 bits per heavy atom. The minimum absolute atomic E-state index is 0.602. The molecule has 1 rings (SSSR count). The zero-order valence-electron chi connectivity index (χ0n) is 10.6. The summed E-state index contributed by atoms with van der Waals surface area (Å²) >= 11 is 0. The van der Waals surface area contributed by atoms with E-state index in [0.29, 0.717) is 6.04 Å². The zero-order valence-corrected chi connectivity index (χ0v) is 10.6. The quantitative estimate of drug-likeness (QED) is 0.732. The summed E-state index contributed by atoms with van der Waals surface area (Å²) in [5.41, 5.74) is 0. The van der Waals surface area contributed by atoms with Gasteiger partial charge in [-0.05, 0) is 32.1 Å². The van der Waals surface area contributed by atoms with Gasteiger partial charge in [-0.25, -0.2) is 0 Å². The smallest absolute Gasteiger partial charge is 0.0476 e. The maximum absolute atomic E-state index is 5.10. The first-order valence-corrected chi connectivity index (χ1v) is 6.51. The van der Waals surface area contributed by atoms with Crippen molar-refractivity contribution in [1.82, 2.24) is 5.32 Å². The Bertz CT molecular complexity index is 161. The number of hydrogen-bond donors (Lipinski definition) is 1. The van der Waals surface area contributed by atoms with Crippen molar-refractivity contribution in [3.8, 4) is 0 Å². The molecule has 2 nitrogen and oxygen atoms in total. The molecular formula is C13H27NO. The fraction of sp³-hybridized carbons (Fsp3) is 1.00. The van der Waals surface area contributed by atoms with Gasteiger partial charge in [-0.1, -0.05) is 26.2 Å². The molecule has 0 bridgehead atoms. The van der Waals surface area contributed by atoms with Crippen molar-refractivity contribution >= 4 is 0 Å². The number of hydrogen-bond acceptors (Lipinski definition) is 2. The molecule has 0 aromatic carbocycles. The van der Waals surface area contributed by atoms with E-state index in [9.17, 15) is 0 Å². The predicted octanol–water partition coefficient (Wildman–Crippen LogP) is 2.97. The van der Waals surface area contributed by atoms with Gasteiger partial charge in [0.2, 0.25) is 0 Å². The van der Waals surface area contributed by atoms with E-state index in [4.69, 9.17) is 4.74 Å². The summed E-state index contributed by atoms with van der Waals surface area (Å²) in [6, 6.07) is 1.36. The summed E-state index contributed by atoms with van der Waals surface area (Å²) in [5.74, 6) is 0.964. The van der Waals surface area contributed by atoms with Gasteiger partial charge in [0.15, 0.2) is 0 Å². The van der Waals surface area contributed by atoms with Crippen molar-refractivity contribution in [3.63, 3.8) is 0 Å². The molecule has 0 amide bonds. The van der Waals surface area contributed by atoms with Crippen LogP contribution < -0.4 is 5.32 Å². The van der Waals surface area contributed by atoms with Crippen LogP contribution in [0.1, 0.15) is 52.4 Å². The van der Waals surface area contributed by atoms with Gasteiger partial charge in [0, 0.05) is 25.8 Å². The Kier molecular flexibility index (Phi) is 6.26. The van der Waals surface area contributed by atoms with Crippen LogP contribution in [-0.2, 0) is 4.74 Å². The summed E-state index contributed by atoms with van der Waals surface area (Å²) in [5, 5.41) is 3.74. The Labute approximate surface area is 94.8 Å². The van der Waals surface area contributed by atoms with E-state index in [1.165, 1.54) is 32.1 Å². The normalized spacial score (nSPS) is 29.0. The minimum atomic E-state index is 0.602. The number of nitrogens with one attached hydrogen (secondary N) is 1. The van der Waals surface area contributed by atoms with E-state index in [1.54, 1.807) is 7.11 Å². The second-order valence-electron chi connectivity index (χ2n) is 4.99. The van der Waals surface area contributed by atoms with Crippen LogP contribution in [0.25, 0.3) is 0 Å². The van der Waals surface area contributed by atoms with Crippen molar-refractivity contribution in [2.24, 2.45) is 5.92 Å². The molecule has 1 N–H and O–H groups in total. The van der Waals surface area contributed by atoms with Crippen LogP contribution in [0, 0.1) is 5.92 Å². The fourth-order valence-corrected chi connectivity index (χ4v) is 2.59. The van der Waals surface area contributed by atoms with Crippen LogP contribution in [0.4, 0.5) is 0 Å². The average molecular weight is 213 g/mol. The van der Waals surface area contributed by atoms with E-state index in [2.05, 4.69) is 19.2 Å². The van der Waals surface area contributed by atoms with Gasteiger partial charge in [0.1, 0.15) is 0 Å². The van der Waals surface area contributed by atoms with Gasteiger partial charge in [-0.3, -0.25) is 0 Å². The SMILES string of the molecule is CCC1CCCC(NC(C)CCOC)C1.